The van der Waals surface area contributed by atoms with Gasteiger partial charge < -0.3 is 10.6 Å². The molecule has 2 atom stereocenters. The molecule has 0 saturated heterocycles. The maximum atomic E-state index is 12.1. The summed E-state index contributed by atoms with van der Waals surface area (Å²) in [5.74, 6) is -0.00865. The minimum atomic E-state index is -0.463. The number of amides is 1. The monoisotopic (exact) mass is 234 g/mol. The van der Waals surface area contributed by atoms with Crippen LogP contribution in [0.1, 0.15) is 38.4 Å². The van der Waals surface area contributed by atoms with Gasteiger partial charge >= 0.3 is 0 Å². The molecule has 5 nitrogen and oxygen atoms in total. The molecule has 0 bridgehead atoms. The molecule has 2 rings (SSSR count). The van der Waals surface area contributed by atoms with E-state index in [-0.39, 0.29) is 11.9 Å². The van der Waals surface area contributed by atoms with Gasteiger partial charge in [-0.05, 0) is 26.7 Å². The van der Waals surface area contributed by atoms with Crippen LogP contribution in [0.3, 0.4) is 0 Å². The van der Waals surface area contributed by atoms with E-state index in [0.29, 0.717) is 6.04 Å². The van der Waals surface area contributed by atoms with E-state index in [1.54, 1.807) is 25.5 Å². The van der Waals surface area contributed by atoms with E-state index in [2.05, 4.69) is 9.97 Å². The maximum Gasteiger partial charge on any atom is 0.240 e. The van der Waals surface area contributed by atoms with E-state index in [1.807, 2.05) is 11.8 Å². The van der Waals surface area contributed by atoms with E-state index in [9.17, 15) is 4.79 Å². The van der Waals surface area contributed by atoms with Gasteiger partial charge in [0.25, 0.3) is 0 Å². The van der Waals surface area contributed by atoms with Crippen LogP contribution in [0.4, 0.5) is 0 Å². The first-order valence-electron chi connectivity index (χ1n) is 5.95. The fraction of sp³-hybridized carbons (Fsp3) is 0.583. The fourth-order valence-electron chi connectivity index (χ4n) is 1.94. The van der Waals surface area contributed by atoms with E-state index in [1.165, 1.54) is 0 Å². The highest BCUT2D eigenvalue weighted by Crippen LogP contribution is 2.33. The maximum absolute atomic E-state index is 12.1. The van der Waals surface area contributed by atoms with Crippen LogP contribution in [0, 0.1) is 0 Å². The molecule has 1 unspecified atom stereocenters. The van der Waals surface area contributed by atoms with E-state index in [0.717, 1.165) is 18.5 Å². The zero-order chi connectivity index (χ0) is 12.4. The molecule has 0 aliphatic heterocycles. The number of aromatic nitrogens is 2. The van der Waals surface area contributed by atoms with Crippen molar-refractivity contribution in [3.05, 3.63) is 24.3 Å². The third-order valence-electron chi connectivity index (χ3n) is 3.01. The number of hydrogen-bond donors (Lipinski definition) is 1. The Hall–Kier alpha value is -1.49. The summed E-state index contributed by atoms with van der Waals surface area (Å²) in [4.78, 5) is 22.2. The average molecular weight is 234 g/mol. The topological polar surface area (TPSA) is 72.1 Å². The smallest absolute Gasteiger partial charge is 0.240 e. The van der Waals surface area contributed by atoms with Crippen LogP contribution in [-0.2, 0) is 4.79 Å². The molecule has 1 heterocycles. The minimum Gasteiger partial charge on any atom is -0.330 e. The number of nitrogens with two attached hydrogens (primary N) is 1. The van der Waals surface area contributed by atoms with E-state index < -0.39 is 6.04 Å². The molecular formula is C12H18N4O. The number of nitrogens with zero attached hydrogens (tertiary/aromatic N) is 3. The molecule has 1 aliphatic carbocycles. The quantitative estimate of drug-likeness (QED) is 0.839. The zero-order valence-corrected chi connectivity index (χ0v) is 10.2. The second-order valence-electron chi connectivity index (χ2n) is 4.57. The summed E-state index contributed by atoms with van der Waals surface area (Å²) in [6.45, 7) is 3.70. The lowest BCUT2D eigenvalue weighted by atomic mass is 10.1. The highest BCUT2D eigenvalue weighted by atomic mass is 16.2. The van der Waals surface area contributed by atoms with E-state index in [4.69, 9.17) is 5.73 Å². The normalized spacial score (nSPS) is 18.5. The Labute approximate surface area is 101 Å². The Balaban J connectivity index is 2.19. The average Bonchev–Trinajstić information content (AvgIpc) is 3.14. The van der Waals surface area contributed by atoms with Crippen LogP contribution >= 0.6 is 0 Å². The summed E-state index contributed by atoms with van der Waals surface area (Å²) in [6.07, 6.45) is 7.10. The number of hydrogen-bond acceptors (Lipinski definition) is 4. The Morgan fingerprint density at radius 3 is 2.65 bits per heavy atom. The van der Waals surface area contributed by atoms with Crippen molar-refractivity contribution in [3.8, 4) is 0 Å². The first-order chi connectivity index (χ1) is 8.11. The number of carbonyl (C=O) groups is 1. The van der Waals surface area contributed by atoms with Crippen molar-refractivity contribution in [2.75, 3.05) is 0 Å². The van der Waals surface area contributed by atoms with Crippen LogP contribution in [0.5, 0.6) is 0 Å². The fourth-order valence-corrected chi connectivity index (χ4v) is 1.94. The lowest BCUT2D eigenvalue weighted by molar-refractivity contribution is -0.135. The predicted octanol–water partition coefficient (Wildman–Crippen LogP) is 0.876. The SMILES string of the molecule is CC(N)C(=O)N(C1CC1)[C@@H](C)c1cnccn1. The summed E-state index contributed by atoms with van der Waals surface area (Å²) in [5, 5.41) is 0. The molecule has 0 spiro atoms. The summed E-state index contributed by atoms with van der Waals surface area (Å²) in [6, 6.07) is -0.199. The van der Waals surface area contributed by atoms with Crippen LogP contribution < -0.4 is 5.73 Å². The summed E-state index contributed by atoms with van der Waals surface area (Å²) in [7, 11) is 0. The van der Waals surface area contributed by atoms with Crippen LogP contribution in [0.25, 0.3) is 0 Å². The van der Waals surface area contributed by atoms with Gasteiger partial charge in [0.1, 0.15) is 0 Å². The van der Waals surface area contributed by atoms with Crippen molar-refractivity contribution in [3.63, 3.8) is 0 Å². The zero-order valence-electron chi connectivity index (χ0n) is 10.2. The Bertz CT molecular complexity index is 389. The highest BCUT2D eigenvalue weighted by molar-refractivity contribution is 5.82. The standard InChI is InChI=1S/C12H18N4O/c1-8(13)12(17)16(10-3-4-10)9(2)11-7-14-5-6-15-11/h5-10H,3-4,13H2,1-2H3/t8?,9-/m0/s1. The van der Waals surface area contributed by atoms with Gasteiger partial charge in [0.2, 0.25) is 5.91 Å². The first-order valence-corrected chi connectivity index (χ1v) is 5.95. The molecule has 92 valence electrons. The Kier molecular flexibility index (Phi) is 3.38. The Morgan fingerprint density at radius 2 is 2.18 bits per heavy atom. The van der Waals surface area contributed by atoms with Crippen molar-refractivity contribution < 1.29 is 4.79 Å². The second-order valence-corrected chi connectivity index (χ2v) is 4.57. The Morgan fingerprint density at radius 1 is 1.47 bits per heavy atom. The number of rotatable bonds is 4. The minimum absolute atomic E-state index is 0.00865. The largest absolute Gasteiger partial charge is 0.330 e. The van der Waals surface area contributed by atoms with Gasteiger partial charge in [-0.1, -0.05) is 0 Å². The van der Waals surface area contributed by atoms with E-state index >= 15 is 0 Å². The summed E-state index contributed by atoms with van der Waals surface area (Å²) < 4.78 is 0. The van der Waals surface area contributed by atoms with Crippen LogP contribution in [0.2, 0.25) is 0 Å². The molecule has 0 aromatic carbocycles. The van der Waals surface area contributed by atoms with Crippen molar-refractivity contribution >= 4 is 5.91 Å². The number of carbonyl (C=O) groups excluding carboxylic acids is 1. The molecule has 1 saturated carbocycles. The molecule has 1 aliphatic rings. The molecule has 1 fully saturated rings. The molecule has 17 heavy (non-hydrogen) atoms. The van der Waals surface area contributed by atoms with Gasteiger partial charge in [-0.15, -0.1) is 0 Å². The van der Waals surface area contributed by atoms with Gasteiger partial charge in [-0.2, -0.15) is 0 Å². The van der Waals surface area contributed by atoms with Crippen molar-refractivity contribution in [1.29, 1.82) is 0 Å². The van der Waals surface area contributed by atoms with Gasteiger partial charge in [-0.3, -0.25) is 14.8 Å². The molecular weight excluding hydrogens is 216 g/mol. The van der Waals surface area contributed by atoms with Crippen molar-refractivity contribution in [1.82, 2.24) is 14.9 Å². The summed E-state index contributed by atoms with van der Waals surface area (Å²) in [5.41, 5.74) is 6.50. The van der Waals surface area contributed by atoms with Gasteiger partial charge in [0.15, 0.2) is 0 Å². The van der Waals surface area contributed by atoms with Crippen LogP contribution in [0.15, 0.2) is 18.6 Å². The molecule has 1 aromatic heterocycles. The van der Waals surface area contributed by atoms with Crippen LogP contribution in [-0.4, -0.2) is 32.9 Å². The first kappa shape index (κ1) is 12.0. The summed E-state index contributed by atoms with van der Waals surface area (Å²) >= 11 is 0. The lowest BCUT2D eigenvalue weighted by Gasteiger charge is -2.30. The predicted molar refractivity (Wildman–Crippen MR) is 64.0 cm³/mol. The molecule has 1 aromatic rings. The molecule has 2 N–H and O–H groups in total. The molecule has 0 radical (unpaired) electrons. The van der Waals surface area contributed by atoms with Crippen molar-refractivity contribution in [2.24, 2.45) is 5.73 Å². The highest BCUT2D eigenvalue weighted by Gasteiger charge is 2.37. The van der Waals surface area contributed by atoms with Gasteiger partial charge in [0, 0.05) is 18.4 Å². The van der Waals surface area contributed by atoms with Gasteiger partial charge in [0.05, 0.1) is 24.0 Å². The second kappa shape index (κ2) is 4.79. The molecule has 5 heteroatoms. The lowest BCUT2D eigenvalue weighted by Crippen LogP contribution is -2.44. The third kappa shape index (κ3) is 2.61. The van der Waals surface area contributed by atoms with Gasteiger partial charge in [-0.25, -0.2) is 0 Å². The molecule has 1 amide bonds. The third-order valence-corrected chi connectivity index (χ3v) is 3.01. The van der Waals surface area contributed by atoms with Crippen molar-refractivity contribution in [2.45, 2.75) is 44.8 Å².